The van der Waals surface area contributed by atoms with Gasteiger partial charge in [0.05, 0.1) is 18.9 Å². The number of rotatable bonds is 4. The van der Waals surface area contributed by atoms with Gasteiger partial charge in [-0.3, -0.25) is 9.89 Å². The number of aliphatic imine (C=N–C) groups is 1. The maximum Gasteiger partial charge on any atom is 0.225 e. The molecule has 0 spiro atoms. The Bertz CT molecular complexity index is 768. The summed E-state index contributed by atoms with van der Waals surface area (Å²) in [6.45, 7) is 6.33. The van der Waals surface area contributed by atoms with E-state index in [9.17, 15) is 4.39 Å². The summed E-state index contributed by atoms with van der Waals surface area (Å²) in [5, 5.41) is 3.42. The molecule has 26 heavy (non-hydrogen) atoms. The van der Waals surface area contributed by atoms with Crippen LogP contribution < -0.4 is 10.2 Å². The minimum atomic E-state index is -0.397. The van der Waals surface area contributed by atoms with Crippen molar-refractivity contribution in [2.75, 3.05) is 56.0 Å². The second-order valence-electron chi connectivity index (χ2n) is 6.58. The molecule has 1 fully saturated rings. The molecular formula is C19H23FN6. The highest BCUT2D eigenvalue weighted by Crippen LogP contribution is 2.21. The Hall–Kier alpha value is -2.54. The van der Waals surface area contributed by atoms with E-state index in [0.29, 0.717) is 5.95 Å². The fourth-order valence-corrected chi connectivity index (χ4v) is 3.47. The Morgan fingerprint density at radius 2 is 1.85 bits per heavy atom. The number of nitrogens with zero attached hydrogens (tertiary/aromatic N) is 5. The standard InChI is InChI=1S/C19H23FN6/c20-15-13-23-19(24-14-15)26-11-9-25(10-12-26)8-7-22-18-5-6-21-17-4-2-1-3-16(17)18/h1-4,13-14,21H,5-12H2. The summed E-state index contributed by atoms with van der Waals surface area (Å²) in [5.41, 5.74) is 3.63. The van der Waals surface area contributed by atoms with Gasteiger partial charge < -0.3 is 10.2 Å². The van der Waals surface area contributed by atoms with E-state index < -0.39 is 5.82 Å². The number of nitrogens with one attached hydrogen (secondary N) is 1. The van der Waals surface area contributed by atoms with Gasteiger partial charge >= 0.3 is 0 Å². The topological polar surface area (TPSA) is 56.7 Å². The molecule has 0 radical (unpaired) electrons. The van der Waals surface area contributed by atoms with Crippen LogP contribution in [0.2, 0.25) is 0 Å². The van der Waals surface area contributed by atoms with Gasteiger partial charge in [-0.2, -0.15) is 0 Å². The molecule has 4 rings (SSSR count). The third kappa shape index (κ3) is 3.83. The molecule has 2 aliphatic heterocycles. The fourth-order valence-electron chi connectivity index (χ4n) is 3.47. The molecule has 0 bridgehead atoms. The van der Waals surface area contributed by atoms with Crippen LogP contribution >= 0.6 is 0 Å². The second kappa shape index (κ2) is 7.78. The average molecular weight is 354 g/mol. The lowest BCUT2D eigenvalue weighted by atomic mass is 10.0. The molecule has 1 N–H and O–H groups in total. The molecule has 2 aliphatic rings. The zero-order chi connectivity index (χ0) is 17.8. The Kier molecular flexibility index (Phi) is 5.06. The summed E-state index contributed by atoms with van der Waals surface area (Å²) in [5.74, 6) is 0.212. The Morgan fingerprint density at radius 3 is 2.65 bits per heavy atom. The van der Waals surface area contributed by atoms with E-state index >= 15 is 0 Å². The van der Waals surface area contributed by atoms with E-state index in [-0.39, 0.29) is 0 Å². The fraction of sp³-hybridized carbons (Fsp3) is 0.421. The van der Waals surface area contributed by atoms with Crippen LogP contribution in [0.4, 0.5) is 16.0 Å². The third-order valence-electron chi connectivity index (χ3n) is 4.90. The first-order chi connectivity index (χ1) is 12.8. The van der Waals surface area contributed by atoms with Crippen LogP contribution in [0.15, 0.2) is 41.7 Å². The SMILES string of the molecule is Fc1cnc(N2CCN(CCN=C3CCNc4ccccc43)CC2)nc1. The first-order valence-electron chi connectivity index (χ1n) is 9.11. The lowest BCUT2D eigenvalue weighted by molar-refractivity contribution is 0.264. The summed E-state index contributed by atoms with van der Waals surface area (Å²) in [4.78, 5) is 17.5. The summed E-state index contributed by atoms with van der Waals surface area (Å²) in [7, 11) is 0. The summed E-state index contributed by atoms with van der Waals surface area (Å²) in [6, 6.07) is 8.37. The minimum absolute atomic E-state index is 0.397. The van der Waals surface area contributed by atoms with Crippen LogP contribution in [-0.2, 0) is 0 Å². The largest absolute Gasteiger partial charge is 0.384 e. The molecule has 136 valence electrons. The van der Waals surface area contributed by atoms with Crippen molar-refractivity contribution < 1.29 is 4.39 Å². The second-order valence-corrected chi connectivity index (χ2v) is 6.58. The maximum absolute atomic E-state index is 12.9. The molecule has 1 saturated heterocycles. The summed E-state index contributed by atoms with van der Waals surface area (Å²) < 4.78 is 12.9. The molecule has 3 heterocycles. The lowest BCUT2D eigenvalue weighted by Crippen LogP contribution is -2.47. The zero-order valence-corrected chi connectivity index (χ0v) is 14.7. The van der Waals surface area contributed by atoms with Crippen molar-refractivity contribution in [1.29, 1.82) is 0 Å². The van der Waals surface area contributed by atoms with Crippen molar-refractivity contribution in [3.63, 3.8) is 0 Å². The molecule has 0 unspecified atom stereocenters. The Morgan fingerprint density at radius 1 is 1.08 bits per heavy atom. The first-order valence-corrected chi connectivity index (χ1v) is 9.11. The number of halogens is 1. The van der Waals surface area contributed by atoms with Gasteiger partial charge in [0.25, 0.3) is 0 Å². The predicted octanol–water partition coefficient (Wildman–Crippen LogP) is 2.04. The molecule has 0 aliphatic carbocycles. The molecule has 2 aromatic rings. The van der Waals surface area contributed by atoms with Gasteiger partial charge in [-0.1, -0.05) is 18.2 Å². The Labute approximate surface area is 152 Å². The number of fused-ring (bicyclic) bond motifs is 1. The van der Waals surface area contributed by atoms with Crippen LogP contribution in [0.3, 0.4) is 0 Å². The van der Waals surface area contributed by atoms with Crippen molar-refractivity contribution in [3.05, 3.63) is 48.0 Å². The van der Waals surface area contributed by atoms with Gasteiger partial charge in [0.1, 0.15) is 0 Å². The van der Waals surface area contributed by atoms with Crippen LogP contribution in [-0.4, -0.2) is 66.4 Å². The van der Waals surface area contributed by atoms with Gasteiger partial charge in [0.15, 0.2) is 5.82 Å². The zero-order valence-electron chi connectivity index (χ0n) is 14.7. The van der Waals surface area contributed by atoms with Crippen molar-refractivity contribution in [3.8, 4) is 0 Å². The van der Waals surface area contributed by atoms with Crippen molar-refractivity contribution in [2.45, 2.75) is 6.42 Å². The molecule has 7 heteroatoms. The molecule has 1 aromatic heterocycles. The van der Waals surface area contributed by atoms with E-state index in [2.05, 4.69) is 49.4 Å². The highest BCUT2D eigenvalue weighted by molar-refractivity contribution is 6.06. The highest BCUT2D eigenvalue weighted by Gasteiger charge is 2.19. The van der Waals surface area contributed by atoms with Crippen molar-refractivity contribution in [1.82, 2.24) is 14.9 Å². The number of benzene rings is 1. The molecule has 0 amide bonds. The van der Waals surface area contributed by atoms with Crippen LogP contribution in [0.25, 0.3) is 0 Å². The van der Waals surface area contributed by atoms with E-state index in [1.807, 2.05) is 0 Å². The minimum Gasteiger partial charge on any atom is -0.384 e. The van der Waals surface area contributed by atoms with Crippen LogP contribution in [0.5, 0.6) is 0 Å². The highest BCUT2D eigenvalue weighted by atomic mass is 19.1. The van der Waals surface area contributed by atoms with E-state index in [1.165, 1.54) is 29.4 Å². The normalized spacial score (nSPS) is 19.3. The number of hydrogen-bond acceptors (Lipinski definition) is 6. The molecule has 6 nitrogen and oxygen atoms in total. The molecule has 0 saturated carbocycles. The van der Waals surface area contributed by atoms with E-state index in [4.69, 9.17) is 4.99 Å². The number of piperazine rings is 1. The number of hydrogen-bond donors (Lipinski definition) is 1. The Balaban J connectivity index is 1.29. The maximum atomic E-state index is 12.9. The van der Waals surface area contributed by atoms with Gasteiger partial charge in [0, 0.05) is 62.7 Å². The first kappa shape index (κ1) is 16.9. The van der Waals surface area contributed by atoms with Gasteiger partial charge in [-0.25, -0.2) is 14.4 Å². The quantitative estimate of drug-likeness (QED) is 0.911. The van der Waals surface area contributed by atoms with Crippen molar-refractivity contribution >= 4 is 17.3 Å². The number of para-hydroxylation sites is 1. The van der Waals surface area contributed by atoms with E-state index in [0.717, 1.165) is 52.2 Å². The number of aromatic nitrogens is 2. The van der Waals surface area contributed by atoms with Gasteiger partial charge in [0.2, 0.25) is 5.95 Å². The van der Waals surface area contributed by atoms with Gasteiger partial charge in [-0.05, 0) is 6.07 Å². The van der Waals surface area contributed by atoms with Gasteiger partial charge in [-0.15, -0.1) is 0 Å². The molecular weight excluding hydrogens is 331 g/mol. The lowest BCUT2D eigenvalue weighted by Gasteiger charge is -2.34. The van der Waals surface area contributed by atoms with E-state index in [1.54, 1.807) is 0 Å². The molecule has 0 atom stereocenters. The van der Waals surface area contributed by atoms with Crippen molar-refractivity contribution in [2.24, 2.45) is 4.99 Å². The smallest absolute Gasteiger partial charge is 0.225 e. The summed E-state index contributed by atoms with van der Waals surface area (Å²) in [6.07, 6.45) is 3.43. The summed E-state index contributed by atoms with van der Waals surface area (Å²) >= 11 is 0. The predicted molar refractivity (Wildman–Crippen MR) is 102 cm³/mol. The molecule has 1 aromatic carbocycles. The monoisotopic (exact) mass is 354 g/mol. The average Bonchev–Trinajstić information content (AvgIpc) is 2.69. The van der Waals surface area contributed by atoms with Crippen LogP contribution in [0, 0.1) is 5.82 Å². The third-order valence-corrected chi connectivity index (χ3v) is 4.90. The van der Waals surface area contributed by atoms with Crippen LogP contribution in [0.1, 0.15) is 12.0 Å². The number of anilines is 2.